The van der Waals surface area contributed by atoms with Crippen LogP contribution in [0.4, 0.5) is 5.82 Å². The number of nitrogens with one attached hydrogen (secondary N) is 1. The van der Waals surface area contributed by atoms with Crippen molar-refractivity contribution in [3.63, 3.8) is 0 Å². The number of nitrogen functional groups attached to an aromatic ring is 1. The van der Waals surface area contributed by atoms with Crippen LogP contribution in [0.3, 0.4) is 0 Å². The zero-order valence-corrected chi connectivity index (χ0v) is 11.7. The normalized spacial score (nSPS) is 17.2. The molecule has 2 heterocycles. The molecule has 3 N–H and O–H groups in total. The van der Waals surface area contributed by atoms with E-state index < -0.39 is 0 Å². The summed E-state index contributed by atoms with van der Waals surface area (Å²) in [7, 11) is 0. The van der Waals surface area contributed by atoms with E-state index in [0.29, 0.717) is 5.92 Å². The lowest BCUT2D eigenvalue weighted by atomic mass is 9.96. The molecule has 3 rings (SSSR count). The molecule has 1 fully saturated rings. The SMILES string of the molecule is Nc1nonc1C(=O)NC(c1cccs1)C1CCCC1. The number of carbonyl (C=O) groups is 1. The first kappa shape index (κ1) is 13.1. The Kier molecular flexibility index (Phi) is 3.68. The number of thiophene rings is 1. The van der Waals surface area contributed by atoms with Gasteiger partial charge in [0.05, 0.1) is 6.04 Å². The predicted molar refractivity (Wildman–Crippen MR) is 75.2 cm³/mol. The Morgan fingerprint density at radius 3 is 2.85 bits per heavy atom. The third-order valence-corrected chi connectivity index (χ3v) is 4.69. The van der Waals surface area contributed by atoms with Crippen molar-refractivity contribution < 1.29 is 9.42 Å². The second-order valence-electron chi connectivity index (χ2n) is 5.01. The Hall–Kier alpha value is -1.89. The molecule has 0 spiro atoms. The number of hydrogen-bond donors (Lipinski definition) is 2. The maximum absolute atomic E-state index is 12.2. The summed E-state index contributed by atoms with van der Waals surface area (Å²) in [5.41, 5.74) is 5.62. The molecular weight excluding hydrogens is 276 g/mol. The summed E-state index contributed by atoms with van der Waals surface area (Å²) in [4.78, 5) is 13.4. The zero-order valence-electron chi connectivity index (χ0n) is 10.9. The topological polar surface area (TPSA) is 94.0 Å². The van der Waals surface area contributed by atoms with Gasteiger partial charge < -0.3 is 11.1 Å². The maximum Gasteiger partial charge on any atom is 0.277 e. The van der Waals surface area contributed by atoms with Gasteiger partial charge in [-0.3, -0.25) is 4.79 Å². The molecule has 0 radical (unpaired) electrons. The first-order valence-corrected chi connectivity index (χ1v) is 7.56. The molecule has 2 aromatic rings. The quantitative estimate of drug-likeness (QED) is 0.902. The van der Waals surface area contributed by atoms with Crippen LogP contribution < -0.4 is 11.1 Å². The van der Waals surface area contributed by atoms with Crippen molar-refractivity contribution in [3.8, 4) is 0 Å². The molecule has 1 saturated carbocycles. The summed E-state index contributed by atoms with van der Waals surface area (Å²) in [5.74, 6) is 0.173. The van der Waals surface area contributed by atoms with E-state index in [1.54, 1.807) is 11.3 Å². The van der Waals surface area contributed by atoms with Crippen LogP contribution in [0.2, 0.25) is 0 Å². The van der Waals surface area contributed by atoms with Crippen LogP contribution in [0, 0.1) is 5.92 Å². The van der Waals surface area contributed by atoms with Crippen molar-refractivity contribution in [2.45, 2.75) is 31.7 Å². The average Bonchev–Trinajstić information content (AvgIpc) is 3.18. The van der Waals surface area contributed by atoms with Gasteiger partial charge in [0.25, 0.3) is 5.91 Å². The Morgan fingerprint density at radius 1 is 1.45 bits per heavy atom. The Bertz CT molecular complexity index is 575. The van der Waals surface area contributed by atoms with Gasteiger partial charge in [0.2, 0.25) is 11.5 Å². The highest BCUT2D eigenvalue weighted by Gasteiger charge is 2.30. The van der Waals surface area contributed by atoms with Gasteiger partial charge in [-0.15, -0.1) is 11.3 Å². The van der Waals surface area contributed by atoms with Crippen LogP contribution in [0.1, 0.15) is 47.1 Å². The van der Waals surface area contributed by atoms with Gasteiger partial charge in [-0.1, -0.05) is 18.9 Å². The highest BCUT2D eigenvalue weighted by Crippen LogP contribution is 2.37. The van der Waals surface area contributed by atoms with Gasteiger partial charge in [-0.05, 0) is 40.5 Å². The monoisotopic (exact) mass is 292 g/mol. The third kappa shape index (κ3) is 2.53. The van der Waals surface area contributed by atoms with Gasteiger partial charge in [0, 0.05) is 4.88 Å². The summed E-state index contributed by atoms with van der Waals surface area (Å²) in [5, 5.41) is 12.1. The number of hydrogen-bond acceptors (Lipinski definition) is 6. The molecule has 6 nitrogen and oxygen atoms in total. The number of aromatic nitrogens is 2. The van der Waals surface area contributed by atoms with Crippen LogP contribution in [0.15, 0.2) is 22.1 Å². The predicted octanol–water partition coefficient (Wildman–Crippen LogP) is 2.37. The standard InChI is InChI=1S/C13H16N4O2S/c14-12-11(16-19-17-12)13(18)15-10(8-4-1-2-5-8)9-6-3-7-20-9/h3,6-8,10H,1-2,4-5H2,(H2,14,17)(H,15,18). The molecule has 0 bridgehead atoms. The number of nitrogens with two attached hydrogens (primary N) is 1. The summed E-state index contributed by atoms with van der Waals surface area (Å²) in [6, 6.07) is 4.07. The van der Waals surface area contributed by atoms with E-state index in [1.165, 1.54) is 17.7 Å². The summed E-state index contributed by atoms with van der Waals surface area (Å²) >= 11 is 1.66. The fourth-order valence-corrected chi connectivity index (χ4v) is 3.61. The highest BCUT2D eigenvalue weighted by molar-refractivity contribution is 7.10. The molecule has 1 unspecified atom stereocenters. The molecule has 0 aromatic carbocycles. The van der Waals surface area contributed by atoms with Crippen molar-refractivity contribution in [2.75, 3.05) is 5.73 Å². The lowest BCUT2D eigenvalue weighted by Crippen LogP contribution is -2.32. The zero-order chi connectivity index (χ0) is 13.9. The molecule has 7 heteroatoms. The van der Waals surface area contributed by atoms with Crippen molar-refractivity contribution in [1.82, 2.24) is 15.6 Å². The Labute approximate surface area is 120 Å². The number of anilines is 1. The number of nitrogens with zero attached hydrogens (tertiary/aromatic N) is 2. The van der Waals surface area contributed by atoms with Gasteiger partial charge >= 0.3 is 0 Å². The van der Waals surface area contributed by atoms with E-state index in [0.717, 1.165) is 12.8 Å². The maximum atomic E-state index is 12.2. The highest BCUT2D eigenvalue weighted by atomic mass is 32.1. The molecule has 106 valence electrons. The van der Waals surface area contributed by atoms with E-state index >= 15 is 0 Å². The first-order chi connectivity index (χ1) is 9.75. The van der Waals surface area contributed by atoms with E-state index in [4.69, 9.17) is 5.73 Å². The molecule has 1 aliphatic carbocycles. The van der Waals surface area contributed by atoms with E-state index in [1.807, 2.05) is 11.4 Å². The van der Waals surface area contributed by atoms with Crippen LogP contribution in [0.25, 0.3) is 0 Å². The van der Waals surface area contributed by atoms with Crippen LogP contribution in [0.5, 0.6) is 0 Å². The molecule has 1 aliphatic rings. The van der Waals surface area contributed by atoms with Gasteiger partial charge in [0.15, 0.2) is 0 Å². The molecule has 2 aromatic heterocycles. The Balaban J connectivity index is 1.80. The molecule has 20 heavy (non-hydrogen) atoms. The van der Waals surface area contributed by atoms with Crippen molar-refractivity contribution in [1.29, 1.82) is 0 Å². The number of rotatable bonds is 4. The van der Waals surface area contributed by atoms with E-state index in [-0.39, 0.29) is 23.5 Å². The lowest BCUT2D eigenvalue weighted by molar-refractivity contribution is 0.0913. The molecule has 0 aliphatic heterocycles. The summed E-state index contributed by atoms with van der Waals surface area (Å²) in [6.45, 7) is 0. The summed E-state index contributed by atoms with van der Waals surface area (Å²) < 4.78 is 4.48. The average molecular weight is 292 g/mol. The van der Waals surface area contributed by atoms with Crippen molar-refractivity contribution in [3.05, 3.63) is 28.1 Å². The fourth-order valence-electron chi connectivity index (χ4n) is 2.74. The number of carbonyl (C=O) groups excluding carboxylic acids is 1. The minimum atomic E-state index is -0.325. The van der Waals surface area contributed by atoms with Gasteiger partial charge in [0.1, 0.15) is 0 Å². The second-order valence-corrected chi connectivity index (χ2v) is 5.99. The first-order valence-electron chi connectivity index (χ1n) is 6.68. The minimum Gasteiger partial charge on any atom is -0.379 e. The van der Waals surface area contributed by atoms with E-state index in [9.17, 15) is 4.79 Å². The van der Waals surface area contributed by atoms with Gasteiger partial charge in [-0.2, -0.15) is 0 Å². The number of amides is 1. The second kappa shape index (κ2) is 5.62. The molecule has 1 amide bonds. The minimum absolute atomic E-state index is 0.0149. The molecule has 0 saturated heterocycles. The van der Waals surface area contributed by atoms with E-state index in [2.05, 4.69) is 26.3 Å². The van der Waals surface area contributed by atoms with Gasteiger partial charge in [-0.25, -0.2) is 4.63 Å². The van der Waals surface area contributed by atoms with Crippen LogP contribution >= 0.6 is 11.3 Å². The van der Waals surface area contributed by atoms with Crippen LogP contribution in [-0.4, -0.2) is 16.2 Å². The van der Waals surface area contributed by atoms with Crippen molar-refractivity contribution in [2.24, 2.45) is 5.92 Å². The third-order valence-electron chi connectivity index (χ3n) is 3.74. The largest absolute Gasteiger partial charge is 0.379 e. The molecule has 1 atom stereocenters. The lowest BCUT2D eigenvalue weighted by Gasteiger charge is -2.23. The summed E-state index contributed by atoms with van der Waals surface area (Å²) in [6.07, 6.45) is 4.71. The fraction of sp³-hybridized carbons (Fsp3) is 0.462. The van der Waals surface area contributed by atoms with Crippen LogP contribution in [-0.2, 0) is 0 Å². The molecular formula is C13H16N4O2S. The Morgan fingerprint density at radius 2 is 2.25 bits per heavy atom. The van der Waals surface area contributed by atoms with Crippen molar-refractivity contribution >= 4 is 23.1 Å². The smallest absolute Gasteiger partial charge is 0.277 e.